The summed E-state index contributed by atoms with van der Waals surface area (Å²) in [5, 5.41) is 5.11. The van der Waals surface area contributed by atoms with Crippen molar-refractivity contribution < 1.29 is 0 Å². The lowest BCUT2D eigenvalue weighted by Gasteiger charge is -2.13. The topological polar surface area (TPSA) is 9.86 Å². The van der Waals surface area contributed by atoms with E-state index in [9.17, 15) is 0 Å². The van der Waals surface area contributed by atoms with Gasteiger partial charge in [0.1, 0.15) is 0 Å². The smallest absolute Gasteiger partial charge is 0.0547 e. The largest absolute Gasteiger partial charge is 0.309 e. The van der Waals surface area contributed by atoms with Crippen molar-refractivity contribution in [2.24, 2.45) is 0 Å². The summed E-state index contributed by atoms with van der Waals surface area (Å²) in [4.78, 5) is 0. The predicted molar refractivity (Wildman–Crippen MR) is 212 cm³/mol. The Balaban J connectivity index is 1.03. The molecule has 9 aromatic rings. The second-order valence-corrected chi connectivity index (χ2v) is 13.3. The lowest BCUT2D eigenvalue weighted by Crippen LogP contribution is -1.95. The zero-order valence-electron chi connectivity index (χ0n) is 27.6. The summed E-state index contributed by atoms with van der Waals surface area (Å²) in [6.45, 7) is 0. The van der Waals surface area contributed by atoms with E-state index in [-0.39, 0.29) is 0 Å². The molecule has 2 heterocycles. The Bertz CT molecular complexity index is 2770. The number of allylic oxidation sites excluding steroid dienone is 4. The van der Waals surface area contributed by atoms with Gasteiger partial charge in [-0.05, 0) is 94.8 Å². The Morgan fingerprint density at radius 2 is 0.820 bits per heavy atom. The van der Waals surface area contributed by atoms with E-state index in [1.165, 1.54) is 82.7 Å². The molecule has 1 aliphatic rings. The molecular weight excluding hydrogens is 605 g/mol. The maximum atomic E-state index is 2.42. The van der Waals surface area contributed by atoms with Gasteiger partial charge in [-0.3, -0.25) is 0 Å². The number of aromatic nitrogens is 2. The molecule has 2 heteroatoms. The second-order valence-electron chi connectivity index (χ2n) is 13.3. The minimum absolute atomic E-state index is 1.08. The molecule has 0 bridgehead atoms. The number of para-hydroxylation sites is 2. The summed E-state index contributed by atoms with van der Waals surface area (Å²) in [5.41, 5.74) is 14.8. The standard InChI is InChI=1S/C48H34N2/c1-3-11-33(12-4-1)37-23-29-43-41-15-7-9-17-45(41)49(47(43)31-37)39-25-19-35(20-26-39)36-21-27-40(28-22-36)50-46-18-10-8-16-42(46)44-30-24-38(32-48(44)50)34-13-5-2-6-14-34/h1-5,7-13,15-32H,6,14H2. The maximum Gasteiger partial charge on any atom is 0.0547 e. The number of nitrogens with zero attached hydrogens (tertiary/aromatic N) is 2. The first-order chi connectivity index (χ1) is 24.8. The molecule has 0 fully saturated rings. The Morgan fingerprint density at radius 1 is 0.360 bits per heavy atom. The molecule has 0 radical (unpaired) electrons. The fraction of sp³-hybridized carbons (Fsp3) is 0.0417. The van der Waals surface area contributed by atoms with Crippen LogP contribution in [0.4, 0.5) is 0 Å². The van der Waals surface area contributed by atoms with Gasteiger partial charge in [0.15, 0.2) is 0 Å². The van der Waals surface area contributed by atoms with E-state index < -0.39 is 0 Å². The van der Waals surface area contributed by atoms with Crippen molar-refractivity contribution in [3.05, 3.63) is 188 Å². The third-order valence-electron chi connectivity index (χ3n) is 10.4. The average molecular weight is 639 g/mol. The zero-order valence-corrected chi connectivity index (χ0v) is 27.6. The fourth-order valence-corrected chi connectivity index (χ4v) is 7.96. The van der Waals surface area contributed by atoms with Crippen LogP contribution in [0.1, 0.15) is 18.4 Å². The number of hydrogen-bond acceptors (Lipinski definition) is 0. The summed E-state index contributed by atoms with van der Waals surface area (Å²) >= 11 is 0. The number of rotatable bonds is 5. The van der Waals surface area contributed by atoms with Gasteiger partial charge in [-0.25, -0.2) is 0 Å². The van der Waals surface area contributed by atoms with Gasteiger partial charge in [0, 0.05) is 32.9 Å². The molecule has 1 aliphatic carbocycles. The molecule has 10 rings (SSSR count). The van der Waals surface area contributed by atoms with Crippen LogP contribution in [0.3, 0.4) is 0 Å². The highest BCUT2D eigenvalue weighted by Gasteiger charge is 2.16. The van der Waals surface area contributed by atoms with Gasteiger partial charge in [0.2, 0.25) is 0 Å². The van der Waals surface area contributed by atoms with Gasteiger partial charge in [-0.2, -0.15) is 0 Å². The molecule has 0 atom stereocenters. The van der Waals surface area contributed by atoms with E-state index in [0.29, 0.717) is 0 Å². The van der Waals surface area contributed by atoms with Gasteiger partial charge in [0.05, 0.1) is 22.1 Å². The summed E-state index contributed by atoms with van der Waals surface area (Å²) in [6, 6.07) is 60.0. The summed E-state index contributed by atoms with van der Waals surface area (Å²) in [7, 11) is 0. The molecule has 0 saturated carbocycles. The molecule has 7 aromatic carbocycles. The zero-order chi connectivity index (χ0) is 33.0. The monoisotopic (exact) mass is 638 g/mol. The minimum atomic E-state index is 1.08. The van der Waals surface area contributed by atoms with Gasteiger partial charge in [-0.15, -0.1) is 0 Å². The van der Waals surface area contributed by atoms with Crippen LogP contribution in [0, 0.1) is 0 Å². The molecule has 2 nitrogen and oxygen atoms in total. The van der Waals surface area contributed by atoms with Gasteiger partial charge >= 0.3 is 0 Å². The van der Waals surface area contributed by atoms with Crippen LogP contribution >= 0.6 is 0 Å². The van der Waals surface area contributed by atoms with Crippen molar-refractivity contribution in [3.8, 4) is 33.6 Å². The van der Waals surface area contributed by atoms with E-state index in [1.54, 1.807) is 0 Å². The van der Waals surface area contributed by atoms with E-state index in [2.05, 4.69) is 191 Å². The van der Waals surface area contributed by atoms with Crippen molar-refractivity contribution in [1.82, 2.24) is 9.13 Å². The average Bonchev–Trinajstić information content (AvgIpc) is 3.71. The summed E-state index contributed by atoms with van der Waals surface area (Å²) in [6.07, 6.45) is 8.89. The lowest BCUT2D eigenvalue weighted by molar-refractivity contribution is 1.05. The van der Waals surface area contributed by atoms with Gasteiger partial charge in [-0.1, -0.05) is 133 Å². The third kappa shape index (κ3) is 4.64. The van der Waals surface area contributed by atoms with E-state index >= 15 is 0 Å². The number of fused-ring (bicyclic) bond motifs is 6. The summed E-state index contributed by atoms with van der Waals surface area (Å²) in [5.74, 6) is 0. The van der Waals surface area contributed by atoms with Crippen LogP contribution in [-0.2, 0) is 0 Å². The first-order valence-electron chi connectivity index (χ1n) is 17.5. The molecule has 0 saturated heterocycles. The highest BCUT2D eigenvalue weighted by atomic mass is 15.0. The SMILES string of the molecule is C1=CCCC(c2ccc3c4ccccc4n(-c4ccc(-c5ccc(-n6c7ccccc7c7ccc(-c8ccccc8)cc76)cc5)cc4)c3c2)=C1. The summed E-state index contributed by atoms with van der Waals surface area (Å²) < 4.78 is 4.83. The Hall–Kier alpha value is -6.38. The molecule has 0 spiro atoms. The van der Waals surface area contributed by atoms with E-state index in [0.717, 1.165) is 18.5 Å². The molecule has 0 aliphatic heterocycles. The van der Waals surface area contributed by atoms with Gasteiger partial charge < -0.3 is 9.13 Å². The number of benzene rings is 7. The lowest BCUT2D eigenvalue weighted by atomic mass is 9.96. The minimum Gasteiger partial charge on any atom is -0.309 e. The predicted octanol–water partition coefficient (Wildman–Crippen LogP) is 12.9. The highest BCUT2D eigenvalue weighted by molar-refractivity contribution is 6.11. The maximum absolute atomic E-state index is 2.42. The fourth-order valence-electron chi connectivity index (χ4n) is 7.96. The van der Waals surface area contributed by atoms with Crippen molar-refractivity contribution >= 4 is 49.2 Å². The van der Waals surface area contributed by atoms with Crippen LogP contribution in [0.2, 0.25) is 0 Å². The van der Waals surface area contributed by atoms with Crippen LogP contribution in [0.25, 0.3) is 82.8 Å². The van der Waals surface area contributed by atoms with Crippen LogP contribution < -0.4 is 0 Å². The molecule has 0 amide bonds. The van der Waals surface area contributed by atoms with Crippen LogP contribution in [0.15, 0.2) is 182 Å². The van der Waals surface area contributed by atoms with Crippen LogP contribution in [0.5, 0.6) is 0 Å². The van der Waals surface area contributed by atoms with E-state index in [4.69, 9.17) is 0 Å². The molecule has 0 unspecified atom stereocenters. The highest BCUT2D eigenvalue weighted by Crippen LogP contribution is 2.37. The molecule has 0 N–H and O–H groups in total. The second kappa shape index (κ2) is 11.6. The number of hydrogen-bond donors (Lipinski definition) is 0. The third-order valence-corrected chi connectivity index (χ3v) is 10.4. The molecular formula is C48H34N2. The van der Waals surface area contributed by atoms with Crippen LogP contribution in [-0.4, -0.2) is 9.13 Å². The van der Waals surface area contributed by atoms with Crippen molar-refractivity contribution in [3.63, 3.8) is 0 Å². The van der Waals surface area contributed by atoms with Crippen molar-refractivity contribution in [1.29, 1.82) is 0 Å². The first kappa shape index (κ1) is 28.6. The molecule has 2 aromatic heterocycles. The quantitative estimate of drug-likeness (QED) is 0.178. The van der Waals surface area contributed by atoms with Gasteiger partial charge in [0.25, 0.3) is 0 Å². The Morgan fingerprint density at radius 3 is 1.38 bits per heavy atom. The normalized spacial score (nSPS) is 13.1. The Labute approximate surface area is 291 Å². The molecule has 236 valence electrons. The van der Waals surface area contributed by atoms with Crippen molar-refractivity contribution in [2.75, 3.05) is 0 Å². The first-order valence-corrected chi connectivity index (χ1v) is 17.5. The molecule has 50 heavy (non-hydrogen) atoms. The van der Waals surface area contributed by atoms with E-state index in [1.807, 2.05) is 0 Å². The Kier molecular flexibility index (Phi) is 6.67. The van der Waals surface area contributed by atoms with Crippen molar-refractivity contribution in [2.45, 2.75) is 12.8 Å².